The Morgan fingerprint density at radius 3 is 2.54 bits per heavy atom. The van der Waals surface area contributed by atoms with Gasteiger partial charge in [0.2, 0.25) is 0 Å². The summed E-state index contributed by atoms with van der Waals surface area (Å²) < 4.78 is 3.71. The molecule has 118 valence electrons. The van der Waals surface area contributed by atoms with Crippen LogP contribution in [0, 0.1) is 0 Å². The van der Waals surface area contributed by atoms with Crippen LogP contribution in [0.25, 0.3) is 27.8 Å². The van der Waals surface area contributed by atoms with E-state index in [1.165, 1.54) is 0 Å². The van der Waals surface area contributed by atoms with E-state index in [0.717, 1.165) is 27.8 Å². The van der Waals surface area contributed by atoms with Crippen molar-refractivity contribution in [2.75, 3.05) is 0 Å². The molecule has 1 N–H and O–H groups in total. The molecule has 0 spiro atoms. The number of aromatic nitrogens is 4. The molecule has 0 bridgehead atoms. The molecule has 6 heteroatoms. The highest BCUT2D eigenvalue weighted by molar-refractivity contribution is 5.88. The zero-order valence-electron chi connectivity index (χ0n) is 12.9. The van der Waals surface area contributed by atoms with Crippen molar-refractivity contribution < 1.29 is 9.90 Å². The zero-order chi connectivity index (χ0) is 16.7. The van der Waals surface area contributed by atoms with Crippen molar-refractivity contribution >= 4 is 17.0 Å². The molecule has 4 aromatic rings. The summed E-state index contributed by atoms with van der Waals surface area (Å²) in [5.41, 5.74) is 5.06. The first-order valence-electron chi connectivity index (χ1n) is 7.42. The Kier molecular flexibility index (Phi) is 3.16. The first-order valence-corrected chi connectivity index (χ1v) is 7.42. The number of carboxylic acids is 1. The summed E-state index contributed by atoms with van der Waals surface area (Å²) in [6.07, 6.45) is 5.53. The van der Waals surface area contributed by atoms with Gasteiger partial charge >= 0.3 is 5.97 Å². The lowest BCUT2D eigenvalue weighted by molar-refractivity contribution is 0.0697. The molecule has 0 fully saturated rings. The molecule has 0 atom stereocenters. The van der Waals surface area contributed by atoms with Crippen molar-refractivity contribution in [1.82, 2.24) is 19.3 Å². The second kappa shape index (κ2) is 5.34. The van der Waals surface area contributed by atoms with Gasteiger partial charge in [0, 0.05) is 24.5 Å². The van der Waals surface area contributed by atoms with E-state index in [2.05, 4.69) is 16.1 Å². The van der Waals surface area contributed by atoms with Crippen molar-refractivity contribution in [3.63, 3.8) is 0 Å². The van der Waals surface area contributed by atoms with Gasteiger partial charge in [-0.3, -0.25) is 9.25 Å². The monoisotopic (exact) mass is 318 g/mol. The van der Waals surface area contributed by atoms with Crippen LogP contribution in [0.1, 0.15) is 10.4 Å². The first kappa shape index (κ1) is 14.2. The molecule has 0 unspecified atom stereocenters. The lowest BCUT2D eigenvalue weighted by Gasteiger charge is -2.06. The van der Waals surface area contributed by atoms with Gasteiger partial charge in [-0.15, -0.1) is 0 Å². The number of carbonyl (C=O) groups is 1. The number of fused-ring (bicyclic) bond motifs is 1. The number of carboxylic acid groups (broad SMARTS) is 1. The Labute approximate surface area is 137 Å². The average Bonchev–Trinajstić information content (AvgIpc) is 3.20. The number of aromatic carboxylic acids is 1. The second-order valence-electron chi connectivity index (χ2n) is 5.57. The molecule has 0 amide bonds. The largest absolute Gasteiger partial charge is 0.478 e. The maximum Gasteiger partial charge on any atom is 0.335 e. The summed E-state index contributed by atoms with van der Waals surface area (Å²) in [6.45, 7) is 0. The third-order valence-electron chi connectivity index (χ3n) is 3.98. The van der Waals surface area contributed by atoms with Crippen molar-refractivity contribution in [3.8, 4) is 16.8 Å². The van der Waals surface area contributed by atoms with Gasteiger partial charge < -0.3 is 5.11 Å². The molecular weight excluding hydrogens is 304 g/mol. The Hall–Kier alpha value is -3.41. The average molecular weight is 318 g/mol. The van der Waals surface area contributed by atoms with E-state index in [1.54, 1.807) is 35.3 Å². The highest BCUT2D eigenvalue weighted by Crippen LogP contribution is 2.25. The normalized spacial score (nSPS) is 11.0. The van der Waals surface area contributed by atoms with Crippen molar-refractivity contribution in [1.29, 1.82) is 0 Å². The van der Waals surface area contributed by atoms with Crippen molar-refractivity contribution in [2.24, 2.45) is 7.05 Å². The Morgan fingerprint density at radius 1 is 1.08 bits per heavy atom. The van der Waals surface area contributed by atoms with Gasteiger partial charge in [0.1, 0.15) is 6.33 Å². The van der Waals surface area contributed by atoms with Crippen molar-refractivity contribution in [3.05, 3.63) is 66.7 Å². The third kappa shape index (κ3) is 2.34. The molecule has 6 nitrogen and oxygen atoms in total. The third-order valence-corrected chi connectivity index (χ3v) is 3.98. The molecule has 4 rings (SSSR count). The predicted molar refractivity (Wildman–Crippen MR) is 90.2 cm³/mol. The minimum absolute atomic E-state index is 0.263. The van der Waals surface area contributed by atoms with Crippen LogP contribution in [-0.4, -0.2) is 30.4 Å². The molecule has 0 radical (unpaired) electrons. The lowest BCUT2D eigenvalue weighted by Crippen LogP contribution is -1.97. The number of hydrogen-bond donors (Lipinski definition) is 1. The second-order valence-corrected chi connectivity index (χ2v) is 5.57. The summed E-state index contributed by atoms with van der Waals surface area (Å²) in [5.74, 6) is -0.934. The lowest BCUT2D eigenvalue weighted by atomic mass is 10.1. The minimum atomic E-state index is -0.934. The topological polar surface area (TPSA) is 72.9 Å². The van der Waals surface area contributed by atoms with Gasteiger partial charge in [-0.05, 0) is 42.0 Å². The maximum absolute atomic E-state index is 11.0. The number of benzene rings is 2. The van der Waals surface area contributed by atoms with E-state index in [0.29, 0.717) is 0 Å². The fraction of sp³-hybridized carbons (Fsp3) is 0.0556. The first-order chi connectivity index (χ1) is 11.6. The van der Waals surface area contributed by atoms with Crippen LogP contribution in [0.15, 0.2) is 61.2 Å². The highest BCUT2D eigenvalue weighted by atomic mass is 16.4. The molecule has 0 aliphatic rings. The number of aryl methyl sites for hydroxylation is 1. The van der Waals surface area contributed by atoms with Crippen molar-refractivity contribution in [2.45, 2.75) is 0 Å². The van der Waals surface area contributed by atoms with Crippen LogP contribution in [0.2, 0.25) is 0 Å². The summed E-state index contributed by atoms with van der Waals surface area (Å²) in [6, 6.07) is 12.8. The van der Waals surface area contributed by atoms with Crippen LogP contribution >= 0.6 is 0 Å². The Balaban J connectivity index is 1.82. The van der Waals surface area contributed by atoms with E-state index in [1.807, 2.05) is 36.1 Å². The fourth-order valence-corrected chi connectivity index (χ4v) is 2.73. The molecule has 0 saturated heterocycles. The molecule has 24 heavy (non-hydrogen) atoms. The van der Waals surface area contributed by atoms with E-state index < -0.39 is 5.97 Å². The minimum Gasteiger partial charge on any atom is -0.478 e. The van der Waals surface area contributed by atoms with Gasteiger partial charge in [-0.2, -0.15) is 5.10 Å². The summed E-state index contributed by atoms with van der Waals surface area (Å²) >= 11 is 0. The Morgan fingerprint density at radius 2 is 1.88 bits per heavy atom. The van der Waals surface area contributed by atoms with Crippen LogP contribution < -0.4 is 0 Å². The van der Waals surface area contributed by atoms with Crippen LogP contribution in [-0.2, 0) is 7.05 Å². The van der Waals surface area contributed by atoms with Crippen LogP contribution in [0.5, 0.6) is 0 Å². The zero-order valence-corrected chi connectivity index (χ0v) is 12.9. The molecule has 2 aromatic heterocycles. The predicted octanol–water partition coefficient (Wildman–Crippen LogP) is 3.12. The van der Waals surface area contributed by atoms with Gasteiger partial charge in [-0.25, -0.2) is 9.78 Å². The van der Waals surface area contributed by atoms with E-state index in [-0.39, 0.29) is 5.56 Å². The number of nitrogens with zero attached hydrogens (tertiary/aromatic N) is 4. The summed E-state index contributed by atoms with van der Waals surface area (Å²) in [4.78, 5) is 15.4. The number of hydrogen-bond acceptors (Lipinski definition) is 3. The molecule has 2 heterocycles. The van der Waals surface area contributed by atoms with Gasteiger partial charge in [0.25, 0.3) is 0 Å². The SMILES string of the molecule is Cn1cc(-c2ccc3ncn(-c4ccc(C(=O)O)cc4)c3c2)cn1. The highest BCUT2D eigenvalue weighted by Gasteiger charge is 2.09. The standard InChI is InChI=1S/C18H14N4O2/c1-21-10-14(9-20-21)13-4-7-16-17(8-13)22(11-19-16)15-5-2-12(3-6-15)18(23)24/h2-11H,1H3,(H,23,24). The molecule has 0 aliphatic heterocycles. The van der Waals surface area contributed by atoms with Gasteiger partial charge in [-0.1, -0.05) is 6.07 Å². The van der Waals surface area contributed by atoms with Gasteiger partial charge in [0.15, 0.2) is 0 Å². The van der Waals surface area contributed by atoms with Crippen LogP contribution in [0.4, 0.5) is 0 Å². The maximum atomic E-state index is 11.0. The van der Waals surface area contributed by atoms with E-state index in [9.17, 15) is 4.79 Å². The number of rotatable bonds is 3. The fourth-order valence-electron chi connectivity index (χ4n) is 2.73. The molecule has 0 aliphatic carbocycles. The van der Waals surface area contributed by atoms with E-state index >= 15 is 0 Å². The van der Waals surface area contributed by atoms with Gasteiger partial charge in [0.05, 0.1) is 22.8 Å². The van der Waals surface area contributed by atoms with Crippen LogP contribution in [0.3, 0.4) is 0 Å². The molecule has 2 aromatic carbocycles. The number of imidazole rings is 1. The summed E-state index contributed by atoms with van der Waals surface area (Å²) in [5, 5.41) is 13.2. The smallest absolute Gasteiger partial charge is 0.335 e. The van der Waals surface area contributed by atoms with E-state index in [4.69, 9.17) is 5.11 Å². The Bertz CT molecular complexity index is 1040. The quantitative estimate of drug-likeness (QED) is 0.630. The molecule has 0 saturated carbocycles. The molecular formula is C18H14N4O2. The summed E-state index contributed by atoms with van der Waals surface area (Å²) in [7, 11) is 1.89.